The Kier molecular flexibility index (Phi) is 3.69. The van der Waals surface area contributed by atoms with Crippen LogP contribution >= 0.6 is 11.6 Å². The van der Waals surface area contributed by atoms with Crippen LogP contribution in [0.5, 0.6) is 0 Å². The Labute approximate surface area is 122 Å². The van der Waals surface area contributed by atoms with Gasteiger partial charge >= 0.3 is 0 Å². The maximum atomic E-state index is 10.4. The highest BCUT2D eigenvalue weighted by Gasteiger charge is 2.32. The van der Waals surface area contributed by atoms with Gasteiger partial charge in [-0.25, -0.2) is 4.98 Å². The third-order valence-corrected chi connectivity index (χ3v) is 3.93. The maximum Gasteiger partial charge on any atom is 0.121 e. The topological polar surface area (TPSA) is 64.2 Å². The minimum absolute atomic E-state index is 0.621. The van der Waals surface area contributed by atoms with Gasteiger partial charge in [-0.1, -0.05) is 11.6 Å². The Hall–Kier alpha value is -1.14. The number of rotatable bonds is 4. The van der Waals surface area contributed by atoms with E-state index in [4.69, 9.17) is 11.6 Å². The summed E-state index contributed by atoms with van der Waals surface area (Å²) in [6.45, 7) is 2.85. The number of nitrogens with one attached hydrogen (secondary N) is 2. The first-order valence-corrected chi connectivity index (χ1v) is 7.18. The lowest BCUT2D eigenvalue weighted by Gasteiger charge is -2.27. The molecule has 0 amide bonds. The summed E-state index contributed by atoms with van der Waals surface area (Å²) in [6, 6.07) is 5.62. The van der Waals surface area contributed by atoms with E-state index in [9.17, 15) is 5.11 Å². The molecule has 6 heteroatoms. The van der Waals surface area contributed by atoms with Gasteiger partial charge in [0.15, 0.2) is 0 Å². The van der Waals surface area contributed by atoms with Crippen LogP contribution in [-0.4, -0.2) is 52.3 Å². The summed E-state index contributed by atoms with van der Waals surface area (Å²) in [5, 5.41) is 14.3. The van der Waals surface area contributed by atoms with Gasteiger partial charge in [0.2, 0.25) is 0 Å². The molecule has 0 radical (unpaired) electrons. The van der Waals surface area contributed by atoms with E-state index in [0.717, 1.165) is 29.8 Å². The highest BCUT2D eigenvalue weighted by Crippen LogP contribution is 2.19. The first kappa shape index (κ1) is 13.8. The second-order valence-electron chi connectivity index (χ2n) is 5.67. The SMILES string of the molecule is CN(Cc1nc2ccc(Cl)cc2[nH]1)C[C@]1(O)CCNC1. The molecule has 20 heavy (non-hydrogen) atoms. The number of H-pyrrole nitrogens is 1. The van der Waals surface area contributed by atoms with Crippen molar-refractivity contribution in [2.75, 3.05) is 26.7 Å². The fourth-order valence-electron chi connectivity index (χ4n) is 2.79. The highest BCUT2D eigenvalue weighted by atomic mass is 35.5. The lowest BCUT2D eigenvalue weighted by atomic mass is 10.0. The number of nitrogens with zero attached hydrogens (tertiary/aromatic N) is 2. The number of imidazole rings is 1. The molecular formula is C14H19ClN4O. The molecular weight excluding hydrogens is 276 g/mol. The molecule has 2 heterocycles. The van der Waals surface area contributed by atoms with Crippen LogP contribution in [0, 0.1) is 0 Å². The molecule has 1 aliphatic heterocycles. The zero-order valence-electron chi connectivity index (χ0n) is 11.5. The number of likely N-dealkylation sites (N-methyl/N-ethyl adjacent to an activating group) is 1. The van der Waals surface area contributed by atoms with Gasteiger partial charge in [-0.2, -0.15) is 0 Å². The molecule has 1 atom stereocenters. The molecule has 2 aromatic rings. The quantitative estimate of drug-likeness (QED) is 0.797. The third kappa shape index (κ3) is 2.96. The number of hydrogen-bond acceptors (Lipinski definition) is 4. The molecule has 1 aromatic carbocycles. The summed E-state index contributed by atoms with van der Waals surface area (Å²) in [4.78, 5) is 9.90. The normalized spacial score (nSPS) is 23.0. The van der Waals surface area contributed by atoms with Crippen molar-refractivity contribution < 1.29 is 5.11 Å². The smallest absolute Gasteiger partial charge is 0.121 e. The van der Waals surface area contributed by atoms with Crippen molar-refractivity contribution in [2.24, 2.45) is 0 Å². The van der Waals surface area contributed by atoms with Crippen molar-refractivity contribution in [1.82, 2.24) is 20.2 Å². The van der Waals surface area contributed by atoms with Crippen LogP contribution in [0.4, 0.5) is 0 Å². The first-order valence-electron chi connectivity index (χ1n) is 6.80. The van der Waals surface area contributed by atoms with Gasteiger partial charge in [-0.15, -0.1) is 0 Å². The van der Waals surface area contributed by atoms with Gasteiger partial charge in [-0.05, 0) is 38.2 Å². The molecule has 3 N–H and O–H groups in total. The second kappa shape index (κ2) is 5.33. The van der Waals surface area contributed by atoms with Gasteiger partial charge in [0, 0.05) is 18.1 Å². The van der Waals surface area contributed by atoms with Crippen LogP contribution < -0.4 is 5.32 Å². The summed E-state index contributed by atoms with van der Waals surface area (Å²) in [7, 11) is 2.00. The number of hydrogen-bond donors (Lipinski definition) is 3. The van der Waals surface area contributed by atoms with E-state index in [0.29, 0.717) is 24.7 Å². The molecule has 3 rings (SSSR count). The number of aromatic nitrogens is 2. The average molecular weight is 295 g/mol. The highest BCUT2D eigenvalue weighted by molar-refractivity contribution is 6.31. The van der Waals surface area contributed by atoms with Crippen molar-refractivity contribution in [3.8, 4) is 0 Å². The molecule has 0 bridgehead atoms. The van der Waals surface area contributed by atoms with Crippen molar-refractivity contribution in [2.45, 2.75) is 18.6 Å². The van der Waals surface area contributed by atoms with Gasteiger partial charge in [0.1, 0.15) is 5.82 Å². The van der Waals surface area contributed by atoms with Gasteiger partial charge in [-0.3, -0.25) is 4.90 Å². The fraction of sp³-hybridized carbons (Fsp3) is 0.500. The van der Waals surface area contributed by atoms with Crippen molar-refractivity contribution in [3.63, 3.8) is 0 Å². The predicted octanol–water partition coefficient (Wildman–Crippen LogP) is 1.37. The van der Waals surface area contributed by atoms with Gasteiger partial charge < -0.3 is 15.4 Å². The van der Waals surface area contributed by atoms with E-state index in [2.05, 4.69) is 20.2 Å². The van der Waals surface area contributed by atoms with Crippen molar-refractivity contribution in [1.29, 1.82) is 0 Å². The largest absolute Gasteiger partial charge is 0.387 e. The van der Waals surface area contributed by atoms with E-state index in [1.54, 1.807) is 0 Å². The number of benzene rings is 1. The number of β-amino-alcohol motifs (C(OH)–C–C–N with tert-alkyl or cyclic N) is 1. The summed E-state index contributed by atoms with van der Waals surface area (Å²) < 4.78 is 0. The van der Waals surface area contributed by atoms with E-state index in [-0.39, 0.29) is 0 Å². The number of aliphatic hydroxyl groups is 1. The molecule has 1 aromatic heterocycles. The minimum Gasteiger partial charge on any atom is -0.387 e. The lowest BCUT2D eigenvalue weighted by molar-refractivity contribution is 0.0259. The summed E-state index contributed by atoms with van der Waals surface area (Å²) in [5.41, 5.74) is 1.24. The van der Waals surface area contributed by atoms with Crippen LogP contribution in [-0.2, 0) is 6.54 Å². The zero-order valence-corrected chi connectivity index (χ0v) is 12.2. The summed E-state index contributed by atoms with van der Waals surface area (Å²) >= 11 is 5.97. The fourth-order valence-corrected chi connectivity index (χ4v) is 2.96. The van der Waals surface area contributed by atoms with Crippen LogP contribution in [0.3, 0.4) is 0 Å². The monoisotopic (exact) mass is 294 g/mol. The van der Waals surface area contributed by atoms with E-state index in [1.807, 2.05) is 25.2 Å². The Balaban J connectivity index is 1.69. The minimum atomic E-state index is -0.621. The van der Waals surface area contributed by atoms with Gasteiger partial charge in [0.25, 0.3) is 0 Å². The zero-order chi connectivity index (χ0) is 14.2. The molecule has 108 valence electrons. The molecule has 0 spiro atoms. The third-order valence-electron chi connectivity index (χ3n) is 3.70. The van der Waals surface area contributed by atoms with Gasteiger partial charge in [0.05, 0.1) is 23.2 Å². The summed E-state index contributed by atoms with van der Waals surface area (Å²) in [5.74, 6) is 0.888. The Morgan fingerprint density at radius 2 is 2.35 bits per heavy atom. The molecule has 1 saturated heterocycles. The molecule has 0 saturated carbocycles. The molecule has 0 aliphatic carbocycles. The van der Waals surface area contributed by atoms with Crippen LogP contribution in [0.1, 0.15) is 12.2 Å². The standard InChI is InChI=1S/C14H19ClN4O/c1-19(9-14(20)4-5-16-8-14)7-13-17-11-3-2-10(15)6-12(11)18-13/h2-3,6,16,20H,4-5,7-9H2,1H3,(H,17,18)/t14-/m0/s1. The number of halogens is 1. The Bertz CT molecular complexity index is 606. The van der Waals surface area contributed by atoms with E-state index in [1.165, 1.54) is 0 Å². The second-order valence-corrected chi connectivity index (χ2v) is 6.10. The van der Waals surface area contributed by atoms with E-state index < -0.39 is 5.60 Å². The Morgan fingerprint density at radius 1 is 1.50 bits per heavy atom. The lowest BCUT2D eigenvalue weighted by Crippen LogP contribution is -2.43. The number of aromatic amines is 1. The van der Waals surface area contributed by atoms with E-state index >= 15 is 0 Å². The van der Waals surface area contributed by atoms with Crippen LogP contribution in [0.15, 0.2) is 18.2 Å². The average Bonchev–Trinajstić information content (AvgIpc) is 2.94. The molecule has 1 aliphatic rings. The van der Waals surface area contributed by atoms with Crippen LogP contribution in [0.25, 0.3) is 11.0 Å². The number of fused-ring (bicyclic) bond motifs is 1. The maximum absolute atomic E-state index is 10.4. The molecule has 5 nitrogen and oxygen atoms in total. The first-order chi connectivity index (χ1) is 9.54. The summed E-state index contributed by atoms with van der Waals surface area (Å²) in [6.07, 6.45) is 0.799. The van der Waals surface area contributed by atoms with Crippen molar-refractivity contribution >= 4 is 22.6 Å². The van der Waals surface area contributed by atoms with Crippen LogP contribution in [0.2, 0.25) is 5.02 Å². The van der Waals surface area contributed by atoms with Crippen molar-refractivity contribution in [3.05, 3.63) is 29.0 Å². The Morgan fingerprint density at radius 3 is 3.10 bits per heavy atom. The predicted molar refractivity (Wildman–Crippen MR) is 79.9 cm³/mol. The molecule has 1 fully saturated rings. The molecule has 0 unspecified atom stereocenters.